The summed E-state index contributed by atoms with van der Waals surface area (Å²) in [5.41, 5.74) is 4.81. The molecule has 6 nitrogen and oxygen atoms in total. The summed E-state index contributed by atoms with van der Waals surface area (Å²) in [5, 5.41) is 12.5. The first-order chi connectivity index (χ1) is 14.3. The van der Waals surface area contributed by atoms with Crippen LogP contribution in [0.5, 0.6) is 0 Å². The van der Waals surface area contributed by atoms with Gasteiger partial charge in [-0.3, -0.25) is 4.79 Å². The summed E-state index contributed by atoms with van der Waals surface area (Å²) in [5.74, 6) is 0.461. The van der Waals surface area contributed by atoms with Crippen molar-refractivity contribution < 1.29 is 0 Å². The van der Waals surface area contributed by atoms with Gasteiger partial charge >= 0.3 is 0 Å². The number of para-hydroxylation sites is 1. The first-order valence-electron chi connectivity index (χ1n) is 10.3. The smallest absolute Gasteiger partial charge is 0.263 e. The van der Waals surface area contributed by atoms with E-state index < -0.39 is 0 Å². The fourth-order valence-electron chi connectivity index (χ4n) is 5.43. The van der Waals surface area contributed by atoms with Crippen molar-refractivity contribution in [3.8, 4) is 16.9 Å². The maximum Gasteiger partial charge on any atom is 0.263 e. The number of aromatic nitrogens is 5. The normalized spacial score (nSPS) is 17.2. The molecule has 0 aliphatic heterocycles. The van der Waals surface area contributed by atoms with Crippen molar-refractivity contribution in [2.45, 2.75) is 43.9 Å². The van der Waals surface area contributed by atoms with Crippen molar-refractivity contribution in [3.63, 3.8) is 0 Å². The monoisotopic (exact) mass is 383 g/mol. The molecule has 2 aromatic carbocycles. The summed E-state index contributed by atoms with van der Waals surface area (Å²) < 4.78 is 3.46. The highest BCUT2D eigenvalue weighted by molar-refractivity contribution is 5.74. The van der Waals surface area contributed by atoms with E-state index in [0.717, 1.165) is 54.6 Å². The van der Waals surface area contributed by atoms with Crippen molar-refractivity contribution in [2.75, 3.05) is 0 Å². The highest BCUT2D eigenvalue weighted by atomic mass is 16.1. The predicted octanol–water partition coefficient (Wildman–Crippen LogP) is 3.70. The van der Waals surface area contributed by atoms with Crippen molar-refractivity contribution in [2.24, 2.45) is 0 Å². The van der Waals surface area contributed by atoms with Crippen LogP contribution in [-0.4, -0.2) is 24.6 Å². The number of rotatable bonds is 1. The quantitative estimate of drug-likeness (QED) is 0.503. The summed E-state index contributed by atoms with van der Waals surface area (Å²) in [6.07, 6.45) is 6.52. The third-order valence-corrected chi connectivity index (χ3v) is 6.68. The summed E-state index contributed by atoms with van der Waals surface area (Å²) in [6.45, 7) is 0. The zero-order valence-corrected chi connectivity index (χ0v) is 16.1. The SMILES string of the molecule is O=c1c2c(n3nnnc3n1-c1ccccc1)-c1ccccc1CC21CCCCC1. The number of tetrazole rings is 1. The Labute approximate surface area is 167 Å². The minimum atomic E-state index is -0.143. The summed E-state index contributed by atoms with van der Waals surface area (Å²) in [6, 6.07) is 18.1. The molecule has 144 valence electrons. The lowest BCUT2D eigenvalue weighted by Gasteiger charge is -2.42. The summed E-state index contributed by atoms with van der Waals surface area (Å²) >= 11 is 0. The maximum absolute atomic E-state index is 14.1. The van der Waals surface area contributed by atoms with Crippen LogP contribution in [0.2, 0.25) is 0 Å². The molecule has 1 spiro atoms. The molecule has 2 aliphatic rings. The van der Waals surface area contributed by atoms with Gasteiger partial charge < -0.3 is 0 Å². The molecule has 4 aromatic rings. The fourth-order valence-corrected chi connectivity index (χ4v) is 5.43. The molecule has 1 saturated carbocycles. The van der Waals surface area contributed by atoms with Gasteiger partial charge in [0.05, 0.1) is 16.9 Å². The number of hydrogen-bond acceptors (Lipinski definition) is 4. The Bertz CT molecular complexity index is 1280. The van der Waals surface area contributed by atoms with Crippen molar-refractivity contribution in [1.82, 2.24) is 24.6 Å². The minimum Gasteiger partial charge on any atom is -0.268 e. The van der Waals surface area contributed by atoms with Crippen LogP contribution >= 0.6 is 0 Å². The van der Waals surface area contributed by atoms with Crippen LogP contribution in [0.1, 0.15) is 43.2 Å². The molecule has 0 amide bonds. The Kier molecular flexibility index (Phi) is 3.51. The highest BCUT2D eigenvalue weighted by Gasteiger charge is 2.44. The van der Waals surface area contributed by atoms with E-state index in [9.17, 15) is 4.79 Å². The van der Waals surface area contributed by atoms with Crippen LogP contribution < -0.4 is 5.56 Å². The Morgan fingerprint density at radius 1 is 0.897 bits per heavy atom. The van der Waals surface area contributed by atoms with E-state index in [4.69, 9.17) is 0 Å². The molecular formula is C23H21N5O. The van der Waals surface area contributed by atoms with E-state index in [-0.39, 0.29) is 11.0 Å². The number of fused-ring (bicyclic) bond motifs is 6. The van der Waals surface area contributed by atoms with E-state index in [2.05, 4.69) is 33.7 Å². The van der Waals surface area contributed by atoms with Gasteiger partial charge in [-0.15, -0.1) is 0 Å². The topological polar surface area (TPSA) is 65.1 Å². The van der Waals surface area contributed by atoms with Gasteiger partial charge in [0.25, 0.3) is 11.3 Å². The van der Waals surface area contributed by atoms with Gasteiger partial charge in [0.15, 0.2) is 0 Å². The average molecular weight is 383 g/mol. The molecule has 0 radical (unpaired) electrons. The molecule has 0 bridgehead atoms. The van der Waals surface area contributed by atoms with E-state index in [1.54, 1.807) is 9.08 Å². The Hall–Kier alpha value is -3.28. The number of nitrogens with zero attached hydrogens (tertiary/aromatic N) is 5. The summed E-state index contributed by atoms with van der Waals surface area (Å²) in [4.78, 5) is 14.1. The highest BCUT2D eigenvalue weighted by Crippen LogP contribution is 2.49. The van der Waals surface area contributed by atoms with Gasteiger partial charge in [-0.1, -0.05) is 66.8 Å². The van der Waals surface area contributed by atoms with E-state index in [1.807, 2.05) is 36.4 Å². The molecule has 2 aromatic heterocycles. The van der Waals surface area contributed by atoms with Gasteiger partial charge in [-0.05, 0) is 47.4 Å². The lowest BCUT2D eigenvalue weighted by molar-refractivity contribution is 0.284. The van der Waals surface area contributed by atoms with E-state index >= 15 is 0 Å². The van der Waals surface area contributed by atoms with Crippen molar-refractivity contribution in [1.29, 1.82) is 0 Å². The maximum atomic E-state index is 14.1. The van der Waals surface area contributed by atoms with Crippen LogP contribution in [0.15, 0.2) is 59.4 Å². The van der Waals surface area contributed by atoms with Crippen LogP contribution in [0, 0.1) is 0 Å². The third-order valence-electron chi connectivity index (χ3n) is 6.68. The summed E-state index contributed by atoms with van der Waals surface area (Å²) in [7, 11) is 0. The fraction of sp³-hybridized carbons (Fsp3) is 0.304. The second-order valence-corrected chi connectivity index (χ2v) is 8.27. The van der Waals surface area contributed by atoms with Gasteiger partial charge in [0, 0.05) is 11.0 Å². The minimum absolute atomic E-state index is 0.0184. The second kappa shape index (κ2) is 6.11. The van der Waals surface area contributed by atoms with Crippen LogP contribution in [-0.2, 0) is 11.8 Å². The molecule has 1 fully saturated rings. The molecule has 2 heterocycles. The average Bonchev–Trinajstić information content (AvgIpc) is 3.24. The van der Waals surface area contributed by atoms with Crippen LogP contribution in [0.25, 0.3) is 22.7 Å². The van der Waals surface area contributed by atoms with Gasteiger partial charge in [-0.25, -0.2) is 4.57 Å². The third kappa shape index (κ3) is 2.29. The van der Waals surface area contributed by atoms with E-state index in [1.165, 1.54) is 12.0 Å². The molecule has 0 unspecified atom stereocenters. The molecule has 29 heavy (non-hydrogen) atoms. The van der Waals surface area contributed by atoms with Gasteiger partial charge in [0.2, 0.25) is 0 Å². The number of benzene rings is 2. The molecule has 6 rings (SSSR count). The zero-order valence-electron chi connectivity index (χ0n) is 16.1. The molecular weight excluding hydrogens is 362 g/mol. The number of hydrogen-bond donors (Lipinski definition) is 0. The van der Waals surface area contributed by atoms with Gasteiger partial charge in [0.1, 0.15) is 0 Å². The molecule has 0 atom stereocenters. The van der Waals surface area contributed by atoms with Crippen molar-refractivity contribution >= 4 is 5.78 Å². The molecule has 6 heteroatoms. The lowest BCUT2D eigenvalue weighted by atomic mass is 9.62. The van der Waals surface area contributed by atoms with Crippen molar-refractivity contribution in [3.05, 3.63) is 76.1 Å². The van der Waals surface area contributed by atoms with Crippen LogP contribution in [0.4, 0.5) is 0 Å². The Morgan fingerprint density at radius 3 is 2.48 bits per heavy atom. The molecule has 2 aliphatic carbocycles. The first-order valence-corrected chi connectivity index (χ1v) is 10.3. The molecule has 0 saturated heterocycles. The first kappa shape index (κ1) is 16.7. The Balaban J connectivity index is 1.79. The van der Waals surface area contributed by atoms with Crippen LogP contribution in [0.3, 0.4) is 0 Å². The van der Waals surface area contributed by atoms with E-state index in [0.29, 0.717) is 5.78 Å². The van der Waals surface area contributed by atoms with Gasteiger partial charge in [-0.2, -0.15) is 4.52 Å². The standard InChI is InChI=1S/C23H21N5O/c29-21-19-20(28-22(24-25-26-28)27(21)17-10-3-1-4-11-17)18-12-6-5-9-16(18)15-23(19)13-7-2-8-14-23/h1,3-6,9-12H,2,7-8,13-15H2. The largest absolute Gasteiger partial charge is 0.268 e. The lowest BCUT2D eigenvalue weighted by Crippen LogP contribution is -2.43. The zero-order chi connectivity index (χ0) is 19.4. The Morgan fingerprint density at radius 2 is 1.66 bits per heavy atom. The second-order valence-electron chi connectivity index (χ2n) is 8.27. The predicted molar refractivity (Wildman–Crippen MR) is 110 cm³/mol. The molecule has 0 N–H and O–H groups in total.